The lowest BCUT2D eigenvalue weighted by atomic mass is 9.68. The Hall–Kier alpha value is -2.64. The number of ether oxygens (including phenoxy) is 2. The number of aromatic amines is 1. The smallest absolute Gasteiger partial charge is 0.305 e. The van der Waals surface area contributed by atoms with Gasteiger partial charge in [-0.15, -0.1) is 11.8 Å². The lowest BCUT2D eigenvalue weighted by molar-refractivity contribution is -0.137. The molecule has 228 valence electrons. The molecule has 7 atom stereocenters. The quantitative estimate of drug-likeness (QED) is 0.379. The number of anilines is 1. The number of aromatic nitrogens is 1. The Morgan fingerprint density at radius 3 is 2.52 bits per heavy atom. The number of thioether (sulfide) groups is 1. The molecule has 2 saturated heterocycles. The van der Waals surface area contributed by atoms with Crippen LogP contribution in [0.1, 0.15) is 22.8 Å². The van der Waals surface area contributed by atoms with Crippen LogP contribution in [0.3, 0.4) is 0 Å². The highest BCUT2D eigenvalue weighted by Gasteiger charge is 2.69. The third kappa shape index (κ3) is 4.51. The maximum absolute atomic E-state index is 14.0. The van der Waals surface area contributed by atoms with Crippen LogP contribution >= 0.6 is 50.6 Å². The lowest BCUT2D eigenvalue weighted by Crippen LogP contribution is -2.43. The van der Waals surface area contributed by atoms with Gasteiger partial charge in [0.15, 0.2) is 6.61 Å². The van der Waals surface area contributed by atoms with Gasteiger partial charge < -0.3 is 19.4 Å². The number of halogens is 2. The van der Waals surface area contributed by atoms with Gasteiger partial charge in [-0.25, -0.2) is 0 Å². The average molecular weight is 717 g/mol. The molecular weight excluding hydrogens is 690 g/mol. The Balaban J connectivity index is 1.16. The largest absolute Gasteiger partial charge is 0.483 e. The van der Waals surface area contributed by atoms with Crippen molar-refractivity contribution in [2.45, 2.75) is 22.6 Å². The second-order valence-electron chi connectivity index (χ2n) is 11.9. The number of thiazole rings is 1. The van der Waals surface area contributed by atoms with Crippen molar-refractivity contribution in [1.82, 2.24) is 9.88 Å². The monoisotopic (exact) mass is 715 g/mol. The first-order valence-corrected chi connectivity index (χ1v) is 17.5. The standard InChI is InChI=1S/C31H27BrClN3O6S2/c32-14-1-4-16(5-2-14)36-29(38)24-18-12-19(25(24)30(36)39)26-23(18)22(27-28(43-26)34-31(40)44-27)17-11-15(33)3-6-20(17)42-13-21(37)35-7-9-41-10-8-35/h1-6,11,18-19,22-26H,7-10,12-13H2,(H,34,40)/t18?,19?,22-,23?,24?,25?,26?/m1/s1. The number of nitrogens with zero attached hydrogens (tertiary/aromatic N) is 2. The van der Waals surface area contributed by atoms with E-state index in [9.17, 15) is 19.2 Å². The number of rotatable bonds is 5. The predicted molar refractivity (Wildman–Crippen MR) is 169 cm³/mol. The number of amides is 3. The number of hydrogen-bond donors (Lipinski definition) is 1. The lowest BCUT2D eigenvalue weighted by Gasteiger charge is -2.43. The van der Waals surface area contributed by atoms with Gasteiger partial charge in [0.2, 0.25) is 11.8 Å². The molecule has 9 nitrogen and oxygen atoms in total. The van der Waals surface area contributed by atoms with E-state index in [1.807, 2.05) is 18.2 Å². The van der Waals surface area contributed by atoms with Crippen molar-refractivity contribution in [2.24, 2.45) is 29.6 Å². The molecule has 3 amide bonds. The Bertz CT molecular complexity index is 1740. The number of fused-ring (bicyclic) bond motifs is 9. The van der Waals surface area contributed by atoms with Gasteiger partial charge in [-0.2, -0.15) is 0 Å². The van der Waals surface area contributed by atoms with E-state index in [0.717, 1.165) is 26.4 Å². The average Bonchev–Trinajstić information content (AvgIpc) is 3.76. The van der Waals surface area contributed by atoms with E-state index < -0.39 is 11.8 Å². The van der Waals surface area contributed by atoms with Crippen LogP contribution in [0.15, 0.2) is 56.8 Å². The molecule has 4 fully saturated rings. The summed E-state index contributed by atoms with van der Waals surface area (Å²) >= 11 is 12.8. The van der Waals surface area contributed by atoms with Gasteiger partial charge in [0.25, 0.3) is 5.91 Å². The molecule has 6 unspecified atom stereocenters. The molecule has 2 aromatic carbocycles. The van der Waals surface area contributed by atoms with E-state index in [2.05, 4.69) is 20.9 Å². The van der Waals surface area contributed by atoms with Crippen LogP contribution in [0.2, 0.25) is 5.02 Å². The second kappa shape index (κ2) is 11.0. The zero-order chi connectivity index (χ0) is 30.3. The van der Waals surface area contributed by atoms with Crippen LogP contribution in [0.5, 0.6) is 5.75 Å². The molecule has 1 aromatic heterocycles. The molecule has 2 bridgehead atoms. The van der Waals surface area contributed by atoms with Crippen molar-refractivity contribution in [1.29, 1.82) is 0 Å². The third-order valence-corrected chi connectivity index (χ3v) is 13.2. The topological polar surface area (TPSA) is 109 Å². The highest BCUT2D eigenvalue weighted by atomic mass is 79.9. The fraction of sp³-hybridized carbons (Fsp3) is 0.419. The van der Waals surface area contributed by atoms with Gasteiger partial charge in [-0.3, -0.25) is 24.1 Å². The molecular formula is C31H27BrClN3O6S2. The van der Waals surface area contributed by atoms with Crippen molar-refractivity contribution in [2.75, 3.05) is 37.8 Å². The number of hydrogen-bond acceptors (Lipinski definition) is 8. The summed E-state index contributed by atoms with van der Waals surface area (Å²) in [5.41, 5.74) is 1.38. The number of imide groups is 1. The van der Waals surface area contributed by atoms with Crippen molar-refractivity contribution < 1.29 is 23.9 Å². The number of carbonyl (C=O) groups is 3. The Labute approximate surface area is 274 Å². The van der Waals surface area contributed by atoms with E-state index in [0.29, 0.717) is 42.8 Å². The van der Waals surface area contributed by atoms with E-state index in [-0.39, 0.29) is 58.1 Å². The number of nitrogens with one attached hydrogen (secondary N) is 1. The molecule has 8 rings (SSSR count). The zero-order valence-corrected chi connectivity index (χ0v) is 27.2. The molecule has 4 heterocycles. The van der Waals surface area contributed by atoms with Crippen LogP contribution < -0.4 is 14.5 Å². The Morgan fingerprint density at radius 1 is 1.05 bits per heavy atom. The number of benzene rings is 2. The van der Waals surface area contributed by atoms with Gasteiger partial charge in [0.05, 0.1) is 35.8 Å². The first-order valence-electron chi connectivity index (χ1n) is 14.6. The van der Waals surface area contributed by atoms with Crippen molar-refractivity contribution in [3.63, 3.8) is 0 Å². The van der Waals surface area contributed by atoms with Crippen LogP contribution in [-0.4, -0.2) is 65.8 Å². The summed E-state index contributed by atoms with van der Waals surface area (Å²) in [7, 11) is 0. The molecule has 2 saturated carbocycles. The fourth-order valence-electron chi connectivity index (χ4n) is 8.15. The molecule has 2 aliphatic carbocycles. The molecule has 44 heavy (non-hydrogen) atoms. The molecule has 0 radical (unpaired) electrons. The van der Waals surface area contributed by atoms with Crippen LogP contribution in [0, 0.1) is 29.6 Å². The molecule has 0 spiro atoms. The second-order valence-corrected chi connectivity index (χ2v) is 15.5. The maximum atomic E-state index is 14.0. The maximum Gasteiger partial charge on any atom is 0.305 e. The summed E-state index contributed by atoms with van der Waals surface area (Å²) in [4.78, 5) is 60.5. The van der Waals surface area contributed by atoms with E-state index >= 15 is 0 Å². The first kappa shape index (κ1) is 28.8. The summed E-state index contributed by atoms with van der Waals surface area (Å²) in [5, 5.41) is 1.33. The molecule has 3 aromatic rings. The number of H-pyrrole nitrogens is 1. The summed E-state index contributed by atoms with van der Waals surface area (Å²) < 4.78 is 12.5. The first-order chi connectivity index (χ1) is 21.3. The minimum absolute atomic E-state index is 0.0117. The summed E-state index contributed by atoms with van der Waals surface area (Å²) in [5.74, 6) is -1.07. The van der Waals surface area contributed by atoms with Gasteiger partial charge >= 0.3 is 4.87 Å². The summed E-state index contributed by atoms with van der Waals surface area (Å²) in [6.07, 6.45) is 0.769. The minimum Gasteiger partial charge on any atom is -0.483 e. The van der Waals surface area contributed by atoms with Gasteiger partial charge in [-0.1, -0.05) is 38.9 Å². The van der Waals surface area contributed by atoms with Crippen LogP contribution in [0.4, 0.5) is 5.69 Å². The normalized spacial score (nSPS) is 30.4. The van der Waals surface area contributed by atoms with E-state index in [1.54, 1.807) is 40.9 Å². The van der Waals surface area contributed by atoms with E-state index in [1.165, 1.54) is 16.2 Å². The van der Waals surface area contributed by atoms with Gasteiger partial charge in [0, 0.05) is 44.2 Å². The molecule has 13 heteroatoms. The molecule has 3 aliphatic heterocycles. The van der Waals surface area contributed by atoms with Crippen LogP contribution in [-0.2, 0) is 19.1 Å². The highest BCUT2D eigenvalue weighted by Crippen LogP contribution is 2.69. The Kier molecular flexibility index (Phi) is 7.21. The van der Waals surface area contributed by atoms with Crippen LogP contribution in [0.25, 0.3) is 0 Å². The predicted octanol–water partition coefficient (Wildman–Crippen LogP) is 4.77. The minimum atomic E-state index is -0.427. The summed E-state index contributed by atoms with van der Waals surface area (Å²) in [6.45, 7) is 1.92. The number of carbonyl (C=O) groups excluding carboxylic acids is 3. The summed E-state index contributed by atoms with van der Waals surface area (Å²) in [6, 6.07) is 12.6. The van der Waals surface area contributed by atoms with E-state index in [4.69, 9.17) is 21.1 Å². The van der Waals surface area contributed by atoms with Crippen molar-refractivity contribution in [3.05, 3.63) is 72.1 Å². The SMILES string of the molecule is O=C(COc1ccc(Cl)cc1[C@H]1c2sc(=O)[nH]c2SC2C3CC(C4C(=O)N(c5ccc(Br)cc5)C(=O)C34)C21)N1CCOCC1. The number of morpholine rings is 1. The third-order valence-electron chi connectivity index (χ3n) is 9.83. The van der Waals surface area contributed by atoms with Crippen molar-refractivity contribution in [3.8, 4) is 5.75 Å². The van der Waals surface area contributed by atoms with Gasteiger partial charge in [-0.05, 0) is 66.6 Å². The van der Waals surface area contributed by atoms with Gasteiger partial charge in [0.1, 0.15) is 5.75 Å². The fourth-order valence-corrected chi connectivity index (χ4v) is 11.5. The molecule has 5 aliphatic rings. The zero-order valence-electron chi connectivity index (χ0n) is 23.2. The molecule has 1 N–H and O–H groups in total. The highest BCUT2D eigenvalue weighted by molar-refractivity contribution is 9.10. The van der Waals surface area contributed by atoms with Crippen molar-refractivity contribution >= 4 is 74.0 Å². The Morgan fingerprint density at radius 2 is 1.77 bits per heavy atom.